The maximum Gasteiger partial charge on any atom is 0.280 e. The van der Waals surface area contributed by atoms with Crippen LogP contribution in [0.25, 0.3) is 10.2 Å². The van der Waals surface area contributed by atoms with Gasteiger partial charge in [0.25, 0.3) is 5.91 Å². The number of aromatic nitrogens is 1. The normalized spacial score (nSPS) is 11.1. The molecular formula is C23H18ClN3O3S. The van der Waals surface area contributed by atoms with Crippen LogP contribution in [0.15, 0.2) is 71.8 Å². The van der Waals surface area contributed by atoms with Crippen molar-refractivity contribution in [1.82, 2.24) is 4.98 Å². The van der Waals surface area contributed by atoms with E-state index in [2.05, 4.69) is 10.1 Å². The largest absolute Gasteiger partial charge is 0.497 e. The van der Waals surface area contributed by atoms with Gasteiger partial charge >= 0.3 is 0 Å². The first-order chi connectivity index (χ1) is 15.1. The van der Waals surface area contributed by atoms with E-state index in [1.165, 1.54) is 16.3 Å². The van der Waals surface area contributed by atoms with Crippen LogP contribution in [0.3, 0.4) is 0 Å². The molecule has 4 rings (SSSR count). The summed E-state index contributed by atoms with van der Waals surface area (Å²) < 4.78 is 11.4. The summed E-state index contributed by atoms with van der Waals surface area (Å²) in [5.41, 5.74) is 1.98. The van der Waals surface area contributed by atoms with Crippen LogP contribution in [-0.2, 0) is 0 Å². The van der Waals surface area contributed by atoms with E-state index in [-0.39, 0.29) is 5.91 Å². The van der Waals surface area contributed by atoms with Gasteiger partial charge in [-0.25, -0.2) is 4.98 Å². The summed E-state index contributed by atoms with van der Waals surface area (Å²) in [5, 5.41) is 6.65. The van der Waals surface area contributed by atoms with Gasteiger partial charge in [0.1, 0.15) is 11.5 Å². The molecule has 1 aromatic heterocycles. The molecule has 4 aromatic rings. The summed E-state index contributed by atoms with van der Waals surface area (Å²) >= 11 is 7.44. The van der Waals surface area contributed by atoms with Crippen LogP contribution in [0, 0.1) is 0 Å². The summed E-state index contributed by atoms with van der Waals surface area (Å²) in [6.45, 7) is 0. The Hall–Kier alpha value is -3.42. The number of anilines is 1. The maximum atomic E-state index is 13.3. The van der Waals surface area contributed by atoms with Gasteiger partial charge in [-0.3, -0.25) is 4.79 Å². The number of halogens is 1. The van der Waals surface area contributed by atoms with Gasteiger partial charge in [-0.1, -0.05) is 29.0 Å². The number of methoxy groups -OCH3 is 2. The Balaban J connectivity index is 1.74. The monoisotopic (exact) mass is 451 g/mol. The molecule has 0 aliphatic carbocycles. The zero-order valence-corrected chi connectivity index (χ0v) is 18.4. The van der Waals surface area contributed by atoms with Crippen molar-refractivity contribution in [2.75, 3.05) is 19.2 Å². The highest BCUT2D eigenvalue weighted by molar-refractivity contribution is 7.22. The number of ether oxygens (including phenoxy) is 2. The summed E-state index contributed by atoms with van der Waals surface area (Å²) in [6, 6.07) is 19.7. The second kappa shape index (κ2) is 9.16. The van der Waals surface area contributed by atoms with Crippen molar-refractivity contribution in [2.45, 2.75) is 0 Å². The molecule has 0 fully saturated rings. The Morgan fingerprint density at radius 2 is 1.77 bits per heavy atom. The molecule has 3 aromatic carbocycles. The highest BCUT2D eigenvalue weighted by atomic mass is 35.5. The van der Waals surface area contributed by atoms with Crippen LogP contribution in [0.1, 0.15) is 15.9 Å². The molecule has 0 spiro atoms. The first-order valence-corrected chi connectivity index (χ1v) is 10.5. The van der Waals surface area contributed by atoms with E-state index in [0.717, 1.165) is 27.3 Å². The smallest absolute Gasteiger partial charge is 0.280 e. The molecule has 6 nitrogen and oxygen atoms in total. The van der Waals surface area contributed by atoms with E-state index in [4.69, 9.17) is 21.1 Å². The molecule has 0 bridgehead atoms. The highest BCUT2D eigenvalue weighted by Gasteiger charge is 2.21. The van der Waals surface area contributed by atoms with E-state index < -0.39 is 0 Å². The quantitative estimate of drug-likeness (QED) is 0.281. The molecule has 156 valence electrons. The molecule has 0 unspecified atom stereocenters. The molecule has 1 amide bonds. The maximum absolute atomic E-state index is 13.3. The number of nitrogens with zero attached hydrogens (tertiary/aromatic N) is 3. The Kier molecular flexibility index (Phi) is 6.16. The van der Waals surface area contributed by atoms with E-state index in [1.54, 1.807) is 44.7 Å². The number of hydrogen-bond acceptors (Lipinski definition) is 6. The minimum Gasteiger partial charge on any atom is -0.497 e. The SMILES string of the molecule is COc1ccc(/C=N/N(C(=O)c2cccc(Cl)c2)c2nc3ccc(OC)cc3s2)cc1. The third-order valence-electron chi connectivity index (χ3n) is 4.47. The zero-order chi connectivity index (χ0) is 21.8. The van der Waals surface area contributed by atoms with Crippen molar-refractivity contribution in [3.8, 4) is 11.5 Å². The van der Waals surface area contributed by atoms with Crippen molar-refractivity contribution in [2.24, 2.45) is 5.10 Å². The lowest BCUT2D eigenvalue weighted by Crippen LogP contribution is -2.25. The number of hydrazone groups is 1. The summed E-state index contributed by atoms with van der Waals surface area (Å²) in [7, 11) is 3.22. The fourth-order valence-electron chi connectivity index (χ4n) is 2.86. The number of rotatable bonds is 6. The second-order valence-corrected chi connectivity index (χ2v) is 7.92. The number of amides is 1. The molecule has 0 radical (unpaired) electrons. The fraction of sp³-hybridized carbons (Fsp3) is 0.0870. The standard InChI is InChI=1S/C23H18ClN3O3S/c1-29-18-8-6-15(7-9-18)14-25-27(22(28)16-4-3-5-17(24)12-16)23-26-20-11-10-19(30-2)13-21(20)31-23/h3-14H,1-2H3/b25-14+. The van der Waals surface area contributed by atoms with Crippen LogP contribution < -0.4 is 14.5 Å². The highest BCUT2D eigenvalue weighted by Crippen LogP contribution is 2.32. The average Bonchev–Trinajstić information content (AvgIpc) is 3.22. The van der Waals surface area contributed by atoms with Crippen molar-refractivity contribution in [3.05, 3.63) is 82.9 Å². The molecule has 0 saturated carbocycles. The Morgan fingerprint density at radius 3 is 2.48 bits per heavy atom. The first kappa shape index (κ1) is 20.8. The van der Waals surface area contributed by atoms with Gasteiger partial charge in [0.2, 0.25) is 5.13 Å². The van der Waals surface area contributed by atoms with Crippen LogP contribution >= 0.6 is 22.9 Å². The molecule has 1 heterocycles. The fourth-order valence-corrected chi connectivity index (χ4v) is 4.00. The van der Waals surface area contributed by atoms with Crippen molar-refractivity contribution in [1.29, 1.82) is 0 Å². The van der Waals surface area contributed by atoms with E-state index >= 15 is 0 Å². The Bertz CT molecular complexity index is 1250. The molecular weight excluding hydrogens is 434 g/mol. The van der Waals surface area contributed by atoms with Crippen LogP contribution in [0.5, 0.6) is 11.5 Å². The minimum atomic E-state index is -0.335. The molecule has 8 heteroatoms. The topological polar surface area (TPSA) is 64.0 Å². The summed E-state index contributed by atoms with van der Waals surface area (Å²) in [5.74, 6) is 1.12. The lowest BCUT2D eigenvalue weighted by molar-refractivity contribution is 0.0988. The number of carbonyl (C=O) groups excluding carboxylic acids is 1. The first-order valence-electron chi connectivity index (χ1n) is 9.30. The molecule has 0 aliphatic rings. The molecule has 0 N–H and O–H groups in total. The summed E-state index contributed by atoms with van der Waals surface area (Å²) in [4.78, 5) is 17.9. The number of benzene rings is 3. The van der Waals surface area contributed by atoms with Crippen LogP contribution in [0.4, 0.5) is 5.13 Å². The lowest BCUT2D eigenvalue weighted by atomic mass is 10.2. The average molecular weight is 452 g/mol. The number of carbonyl (C=O) groups is 1. The van der Waals surface area contributed by atoms with Crippen molar-refractivity contribution < 1.29 is 14.3 Å². The van der Waals surface area contributed by atoms with Crippen molar-refractivity contribution >= 4 is 50.4 Å². The van der Waals surface area contributed by atoms with Gasteiger partial charge < -0.3 is 9.47 Å². The van der Waals surface area contributed by atoms with Gasteiger partial charge in [0, 0.05) is 10.6 Å². The van der Waals surface area contributed by atoms with E-state index in [9.17, 15) is 4.79 Å². The molecule has 0 aliphatic heterocycles. The van der Waals surface area contributed by atoms with Crippen molar-refractivity contribution in [3.63, 3.8) is 0 Å². The number of fused-ring (bicyclic) bond motifs is 1. The van der Waals surface area contributed by atoms with Gasteiger partial charge in [-0.2, -0.15) is 10.1 Å². The van der Waals surface area contributed by atoms with E-state index in [0.29, 0.717) is 15.7 Å². The van der Waals surface area contributed by atoms with Gasteiger partial charge in [-0.15, -0.1) is 0 Å². The van der Waals surface area contributed by atoms with E-state index in [1.807, 2.05) is 42.5 Å². The zero-order valence-electron chi connectivity index (χ0n) is 16.8. The molecule has 0 atom stereocenters. The molecule has 0 saturated heterocycles. The second-order valence-electron chi connectivity index (χ2n) is 6.48. The van der Waals surface area contributed by atoms with Gasteiger partial charge in [-0.05, 0) is 66.2 Å². The predicted octanol–water partition coefficient (Wildman–Crippen LogP) is 5.65. The Morgan fingerprint density at radius 1 is 1.03 bits per heavy atom. The predicted molar refractivity (Wildman–Crippen MR) is 125 cm³/mol. The molecule has 31 heavy (non-hydrogen) atoms. The third kappa shape index (κ3) is 4.68. The van der Waals surface area contributed by atoms with Crippen LogP contribution in [0.2, 0.25) is 5.02 Å². The third-order valence-corrected chi connectivity index (χ3v) is 5.70. The van der Waals surface area contributed by atoms with Gasteiger partial charge in [0.05, 0.1) is 30.7 Å². The Labute approximate surface area is 188 Å². The van der Waals surface area contributed by atoms with Crippen LogP contribution in [-0.4, -0.2) is 31.3 Å². The van der Waals surface area contributed by atoms with Gasteiger partial charge in [0.15, 0.2) is 0 Å². The number of thiazole rings is 1. The lowest BCUT2D eigenvalue weighted by Gasteiger charge is -2.14. The summed E-state index contributed by atoms with van der Waals surface area (Å²) in [6.07, 6.45) is 1.61. The number of hydrogen-bond donors (Lipinski definition) is 0. The minimum absolute atomic E-state index is 0.335.